The third-order valence-corrected chi connectivity index (χ3v) is 7.41. The van der Waals surface area contributed by atoms with Crippen molar-refractivity contribution in [2.75, 3.05) is 12.9 Å². The fraction of sp³-hybridized carbons (Fsp3) is 0.520. The Labute approximate surface area is 207 Å². The molecule has 0 aliphatic heterocycles. The molecule has 1 N–H and O–H groups in total. The Bertz CT molecular complexity index is 1060. The van der Waals surface area contributed by atoms with E-state index in [9.17, 15) is 13.2 Å². The second-order valence-corrected chi connectivity index (χ2v) is 11.9. The molecule has 7 nitrogen and oxygen atoms in total. The van der Waals surface area contributed by atoms with Gasteiger partial charge < -0.3 is 14.8 Å². The van der Waals surface area contributed by atoms with Crippen LogP contribution in [0, 0.1) is 5.41 Å². The number of carbonyl (C=O) groups is 1. The maximum Gasteiger partial charge on any atom is 0.225 e. The van der Waals surface area contributed by atoms with Crippen LogP contribution in [0.5, 0.6) is 11.5 Å². The Morgan fingerprint density at radius 2 is 1.79 bits per heavy atom. The molecule has 0 atom stereocenters. The summed E-state index contributed by atoms with van der Waals surface area (Å²) in [5, 5.41) is 3.76. The van der Waals surface area contributed by atoms with E-state index in [0.717, 1.165) is 25.7 Å². The highest BCUT2D eigenvalue weighted by Crippen LogP contribution is 2.28. The quantitative estimate of drug-likeness (QED) is 0.462. The SMILES string of the molecule is CC(C)(CCCOc1ccc(S(C)(=O)=O)cc1)C(=O)N[C@H]1CC[C@H](Oc2cncc(Cl)c2)CC1. The van der Waals surface area contributed by atoms with E-state index in [0.29, 0.717) is 36.0 Å². The highest BCUT2D eigenvalue weighted by molar-refractivity contribution is 7.90. The third-order valence-electron chi connectivity index (χ3n) is 6.07. The van der Waals surface area contributed by atoms with Gasteiger partial charge in [0.05, 0.1) is 28.8 Å². The molecule has 3 rings (SSSR count). The lowest BCUT2D eigenvalue weighted by Crippen LogP contribution is -2.45. The van der Waals surface area contributed by atoms with Crippen molar-refractivity contribution in [1.29, 1.82) is 0 Å². The molecule has 0 saturated heterocycles. The predicted molar refractivity (Wildman–Crippen MR) is 132 cm³/mol. The first-order valence-electron chi connectivity index (χ1n) is 11.5. The number of benzene rings is 1. The van der Waals surface area contributed by atoms with E-state index in [-0.39, 0.29) is 22.9 Å². The summed E-state index contributed by atoms with van der Waals surface area (Å²) in [7, 11) is -3.22. The van der Waals surface area contributed by atoms with Crippen molar-refractivity contribution in [3.8, 4) is 11.5 Å². The molecule has 1 aromatic carbocycles. The molecule has 9 heteroatoms. The number of amides is 1. The monoisotopic (exact) mass is 508 g/mol. The number of aromatic nitrogens is 1. The van der Waals surface area contributed by atoms with Crippen molar-refractivity contribution in [3.05, 3.63) is 47.7 Å². The van der Waals surface area contributed by atoms with Crippen LogP contribution in [0.1, 0.15) is 52.4 Å². The lowest BCUT2D eigenvalue weighted by atomic mass is 9.85. The maximum atomic E-state index is 12.9. The Morgan fingerprint density at radius 1 is 1.12 bits per heavy atom. The Morgan fingerprint density at radius 3 is 2.41 bits per heavy atom. The van der Waals surface area contributed by atoms with Crippen LogP contribution >= 0.6 is 11.6 Å². The fourth-order valence-electron chi connectivity index (χ4n) is 3.96. The molecule has 1 saturated carbocycles. The number of nitrogens with one attached hydrogen (secondary N) is 1. The van der Waals surface area contributed by atoms with Crippen LogP contribution in [-0.4, -0.2) is 44.3 Å². The summed E-state index contributed by atoms with van der Waals surface area (Å²) in [4.78, 5) is 17.2. The van der Waals surface area contributed by atoms with Gasteiger partial charge in [0.1, 0.15) is 11.5 Å². The molecule has 1 aliphatic carbocycles. The zero-order chi connectivity index (χ0) is 24.8. The molecule has 1 heterocycles. The van der Waals surface area contributed by atoms with Gasteiger partial charge in [0, 0.05) is 30.0 Å². The summed E-state index contributed by atoms with van der Waals surface area (Å²) >= 11 is 5.96. The number of hydrogen-bond donors (Lipinski definition) is 1. The van der Waals surface area contributed by atoms with Crippen molar-refractivity contribution in [3.63, 3.8) is 0 Å². The molecule has 0 unspecified atom stereocenters. The molecule has 1 aromatic heterocycles. The smallest absolute Gasteiger partial charge is 0.225 e. The normalized spacial score (nSPS) is 18.8. The number of pyridine rings is 1. The summed E-state index contributed by atoms with van der Waals surface area (Å²) in [6.45, 7) is 4.35. The second-order valence-electron chi connectivity index (χ2n) is 9.48. The van der Waals surface area contributed by atoms with E-state index >= 15 is 0 Å². The number of sulfone groups is 1. The topological polar surface area (TPSA) is 94.6 Å². The van der Waals surface area contributed by atoms with Crippen molar-refractivity contribution in [2.45, 2.75) is 69.4 Å². The van der Waals surface area contributed by atoms with Gasteiger partial charge in [-0.2, -0.15) is 0 Å². The van der Waals surface area contributed by atoms with Crippen molar-refractivity contribution >= 4 is 27.3 Å². The zero-order valence-corrected chi connectivity index (χ0v) is 21.5. The van der Waals surface area contributed by atoms with Crippen LogP contribution in [0.3, 0.4) is 0 Å². The molecule has 0 radical (unpaired) electrons. The average molecular weight is 509 g/mol. The van der Waals surface area contributed by atoms with E-state index in [4.69, 9.17) is 21.1 Å². The Hall–Kier alpha value is -2.32. The van der Waals surface area contributed by atoms with Gasteiger partial charge in [-0.25, -0.2) is 8.42 Å². The molecule has 2 aromatic rings. The average Bonchev–Trinajstić information content (AvgIpc) is 2.78. The Balaban J connectivity index is 1.37. The lowest BCUT2D eigenvalue weighted by molar-refractivity contribution is -0.130. The van der Waals surface area contributed by atoms with Crippen LogP contribution in [0.15, 0.2) is 47.6 Å². The highest BCUT2D eigenvalue weighted by Gasteiger charge is 2.31. The van der Waals surface area contributed by atoms with Gasteiger partial charge in [-0.1, -0.05) is 25.4 Å². The maximum absolute atomic E-state index is 12.9. The van der Waals surface area contributed by atoms with E-state index < -0.39 is 15.3 Å². The van der Waals surface area contributed by atoms with Crippen LogP contribution in [0.2, 0.25) is 5.02 Å². The van der Waals surface area contributed by atoms with Crippen LogP contribution < -0.4 is 14.8 Å². The number of hydrogen-bond acceptors (Lipinski definition) is 6. The highest BCUT2D eigenvalue weighted by atomic mass is 35.5. The minimum absolute atomic E-state index is 0.0495. The first-order valence-corrected chi connectivity index (χ1v) is 13.8. The number of carbonyl (C=O) groups excluding carboxylic acids is 1. The van der Waals surface area contributed by atoms with Crippen LogP contribution in [0.4, 0.5) is 0 Å². The van der Waals surface area contributed by atoms with E-state index in [1.807, 2.05) is 13.8 Å². The largest absolute Gasteiger partial charge is 0.494 e. The number of halogens is 1. The van der Waals surface area contributed by atoms with E-state index in [2.05, 4.69) is 10.3 Å². The van der Waals surface area contributed by atoms with Gasteiger partial charge in [0.15, 0.2) is 9.84 Å². The predicted octanol–water partition coefficient (Wildman–Crippen LogP) is 4.83. The van der Waals surface area contributed by atoms with Gasteiger partial charge in [-0.3, -0.25) is 9.78 Å². The standard InChI is InChI=1S/C25H33ClN2O5S/c1-25(2,13-4-14-32-20-9-11-23(12-10-20)34(3,30)31)24(29)28-19-5-7-21(8-6-19)33-22-15-18(26)16-27-17-22/h9-12,15-17,19,21H,4-8,13-14H2,1-3H3,(H,28,29)/t19-,21-. The fourth-order valence-corrected chi connectivity index (χ4v) is 4.75. The molecule has 1 aliphatic rings. The lowest BCUT2D eigenvalue weighted by Gasteiger charge is -2.32. The van der Waals surface area contributed by atoms with Crippen LogP contribution in [-0.2, 0) is 14.6 Å². The van der Waals surface area contributed by atoms with Gasteiger partial charge in [-0.15, -0.1) is 0 Å². The van der Waals surface area contributed by atoms with Gasteiger partial charge in [0.25, 0.3) is 0 Å². The number of ether oxygens (including phenoxy) is 2. The van der Waals surface area contributed by atoms with Crippen molar-refractivity contribution < 1.29 is 22.7 Å². The summed E-state index contributed by atoms with van der Waals surface area (Å²) in [5.41, 5.74) is -0.511. The second kappa shape index (κ2) is 11.4. The Kier molecular flexibility index (Phi) is 8.82. The third kappa shape index (κ3) is 7.87. The first kappa shape index (κ1) is 26.3. The molecular weight excluding hydrogens is 476 g/mol. The molecule has 0 spiro atoms. The van der Waals surface area contributed by atoms with Gasteiger partial charge in [-0.05, 0) is 62.8 Å². The van der Waals surface area contributed by atoms with Crippen molar-refractivity contribution in [1.82, 2.24) is 10.3 Å². The molecule has 0 bridgehead atoms. The molecule has 1 fully saturated rings. The molecule has 186 valence electrons. The van der Waals surface area contributed by atoms with E-state index in [1.54, 1.807) is 30.6 Å². The minimum Gasteiger partial charge on any atom is -0.494 e. The summed E-state index contributed by atoms with van der Waals surface area (Å²) < 4.78 is 34.8. The summed E-state index contributed by atoms with van der Waals surface area (Å²) in [6, 6.07) is 8.28. The first-order chi connectivity index (χ1) is 16.0. The van der Waals surface area contributed by atoms with E-state index in [1.165, 1.54) is 18.4 Å². The molecule has 34 heavy (non-hydrogen) atoms. The number of rotatable bonds is 10. The van der Waals surface area contributed by atoms with Gasteiger partial charge in [0.2, 0.25) is 5.91 Å². The van der Waals surface area contributed by atoms with Crippen molar-refractivity contribution in [2.24, 2.45) is 5.41 Å². The molecular formula is C25H33ClN2O5S. The van der Waals surface area contributed by atoms with Gasteiger partial charge >= 0.3 is 0 Å². The minimum atomic E-state index is -3.22. The zero-order valence-electron chi connectivity index (χ0n) is 19.9. The number of nitrogens with zero attached hydrogens (tertiary/aromatic N) is 1. The molecule has 1 amide bonds. The van der Waals surface area contributed by atoms with Crippen LogP contribution in [0.25, 0.3) is 0 Å². The summed E-state index contributed by atoms with van der Waals surface area (Å²) in [6.07, 6.45) is 9.37. The summed E-state index contributed by atoms with van der Waals surface area (Å²) in [5.74, 6) is 1.34.